The zero-order valence-electron chi connectivity index (χ0n) is 12.8. The molecule has 1 unspecified atom stereocenters. The van der Waals surface area contributed by atoms with Crippen molar-refractivity contribution in [2.45, 2.75) is 59.9 Å². The van der Waals surface area contributed by atoms with E-state index in [1.807, 2.05) is 41.5 Å². The predicted octanol–water partition coefficient (Wildman–Crippen LogP) is 4.13. The summed E-state index contributed by atoms with van der Waals surface area (Å²) >= 11 is 0. The fraction of sp³-hybridized carbons (Fsp3) is 0.833. The molecule has 1 N–H and O–H groups in total. The van der Waals surface area contributed by atoms with E-state index in [9.17, 15) is 4.57 Å². The highest BCUT2D eigenvalue weighted by atomic mass is 31.2. The SMILES string of the molecule is C=CC[PH](=O)OC(C)C.CC(C)OP(O)OC(C)C. The summed E-state index contributed by atoms with van der Waals surface area (Å²) in [6.45, 7) is 14.6. The van der Waals surface area contributed by atoms with Gasteiger partial charge in [-0.1, -0.05) is 6.08 Å². The summed E-state index contributed by atoms with van der Waals surface area (Å²) in [4.78, 5) is 9.01. The molecular formula is C12H28O5P2. The third-order valence-electron chi connectivity index (χ3n) is 1.28. The van der Waals surface area contributed by atoms with E-state index in [-0.39, 0.29) is 18.3 Å². The maximum atomic E-state index is 10.7. The molecule has 116 valence electrons. The molecule has 0 saturated carbocycles. The third kappa shape index (κ3) is 20.7. The molecule has 7 heteroatoms. The van der Waals surface area contributed by atoms with Crippen molar-refractivity contribution in [2.24, 2.45) is 0 Å². The molecule has 0 fully saturated rings. The van der Waals surface area contributed by atoms with Crippen molar-refractivity contribution < 1.29 is 23.0 Å². The predicted molar refractivity (Wildman–Crippen MR) is 81.9 cm³/mol. The average Bonchev–Trinajstić information content (AvgIpc) is 2.13. The third-order valence-corrected chi connectivity index (χ3v) is 3.84. The molecule has 0 amide bonds. The molecule has 0 aliphatic rings. The maximum Gasteiger partial charge on any atom is 0.330 e. The summed E-state index contributed by atoms with van der Waals surface area (Å²) in [6.07, 6.45) is 2.22. The monoisotopic (exact) mass is 314 g/mol. The molecule has 1 atom stereocenters. The first-order chi connectivity index (χ1) is 8.68. The summed E-state index contributed by atoms with van der Waals surface area (Å²) in [7, 11) is -3.47. The largest absolute Gasteiger partial charge is 0.330 e. The van der Waals surface area contributed by atoms with Gasteiger partial charge in [-0.3, -0.25) is 4.57 Å². The molecule has 0 heterocycles. The van der Waals surface area contributed by atoms with Crippen LogP contribution in [0.4, 0.5) is 0 Å². The Morgan fingerprint density at radius 2 is 1.53 bits per heavy atom. The number of allylic oxidation sites excluding steroid dienone is 1. The standard InChI is InChI=1S/C6H15O3P.C6H13O2P/c1-5(2)8-10(7)9-6(3)4;1-4-5-9(7)8-6(2)3/h5-7H,1-4H3;4,6,9H,1,5H2,2-3H3. The highest BCUT2D eigenvalue weighted by Gasteiger charge is 2.10. The molecule has 0 radical (unpaired) electrons. The van der Waals surface area contributed by atoms with Crippen LogP contribution in [0.1, 0.15) is 41.5 Å². The Hall–Kier alpha value is 0.240. The van der Waals surface area contributed by atoms with Gasteiger partial charge in [-0.05, 0) is 41.5 Å². The molecule has 19 heavy (non-hydrogen) atoms. The lowest BCUT2D eigenvalue weighted by molar-refractivity contribution is 0.139. The average molecular weight is 314 g/mol. The van der Waals surface area contributed by atoms with Crippen LogP contribution in [0.2, 0.25) is 0 Å². The lowest BCUT2D eigenvalue weighted by atomic mass is 10.5. The van der Waals surface area contributed by atoms with E-state index in [0.717, 1.165) is 0 Å². The van der Waals surface area contributed by atoms with Crippen LogP contribution in [0.5, 0.6) is 0 Å². The summed E-state index contributed by atoms with van der Waals surface area (Å²) in [5.41, 5.74) is 0. The molecule has 0 aromatic carbocycles. The van der Waals surface area contributed by atoms with E-state index < -0.39 is 16.6 Å². The molecule has 0 bridgehead atoms. The molecule has 0 rings (SSSR count). The van der Waals surface area contributed by atoms with Crippen molar-refractivity contribution in [3.8, 4) is 0 Å². The topological polar surface area (TPSA) is 65.0 Å². The van der Waals surface area contributed by atoms with Gasteiger partial charge in [0.05, 0.1) is 18.3 Å². The van der Waals surface area contributed by atoms with E-state index in [1.165, 1.54) is 0 Å². The Bertz CT molecular complexity index is 234. The first-order valence-corrected chi connectivity index (χ1v) is 8.97. The second-order valence-corrected chi connectivity index (χ2v) is 6.86. The van der Waals surface area contributed by atoms with Gasteiger partial charge in [-0.15, -0.1) is 6.58 Å². The van der Waals surface area contributed by atoms with Gasteiger partial charge in [-0.2, -0.15) is 0 Å². The number of hydrogen-bond donors (Lipinski definition) is 1. The second-order valence-electron chi connectivity index (χ2n) is 4.58. The minimum Gasteiger partial charge on any atom is -0.328 e. The lowest BCUT2D eigenvalue weighted by Gasteiger charge is -2.14. The van der Waals surface area contributed by atoms with Gasteiger partial charge in [0.1, 0.15) is 0 Å². The molecular weight excluding hydrogens is 286 g/mol. The first-order valence-electron chi connectivity index (χ1n) is 6.31. The van der Waals surface area contributed by atoms with Crippen LogP contribution in [0.3, 0.4) is 0 Å². The molecule has 0 saturated heterocycles. The number of hydrogen-bond acceptors (Lipinski definition) is 5. The normalized spacial score (nSPS) is 12.8. The molecule has 0 spiro atoms. The zero-order valence-corrected chi connectivity index (χ0v) is 14.6. The van der Waals surface area contributed by atoms with Gasteiger partial charge in [0.2, 0.25) is 0 Å². The Labute approximate surface area is 119 Å². The first kappa shape index (κ1) is 21.5. The van der Waals surface area contributed by atoms with Crippen LogP contribution in [0.25, 0.3) is 0 Å². The highest BCUT2D eigenvalue weighted by Crippen LogP contribution is 2.35. The van der Waals surface area contributed by atoms with Crippen molar-refractivity contribution in [3.63, 3.8) is 0 Å². The van der Waals surface area contributed by atoms with E-state index in [1.54, 1.807) is 6.08 Å². The molecule has 5 nitrogen and oxygen atoms in total. The van der Waals surface area contributed by atoms with E-state index in [0.29, 0.717) is 6.16 Å². The van der Waals surface area contributed by atoms with Crippen molar-refractivity contribution in [2.75, 3.05) is 6.16 Å². The number of rotatable bonds is 8. The molecule has 0 aliphatic heterocycles. The van der Waals surface area contributed by atoms with Crippen LogP contribution in [-0.2, 0) is 18.1 Å². The smallest absolute Gasteiger partial charge is 0.328 e. The van der Waals surface area contributed by atoms with Crippen LogP contribution in [-0.4, -0.2) is 29.4 Å². The van der Waals surface area contributed by atoms with Crippen LogP contribution >= 0.6 is 16.6 Å². The Morgan fingerprint density at radius 3 is 1.79 bits per heavy atom. The Kier molecular flexibility index (Phi) is 15.0. The minimum absolute atomic E-state index is 0.0230. The van der Waals surface area contributed by atoms with Crippen LogP contribution in [0.15, 0.2) is 12.7 Å². The second kappa shape index (κ2) is 13.2. The van der Waals surface area contributed by atoms with Crippen molar-refractivity contribution in [1.29, 1.82) is 0 Å². The van der Waals surface area contributed by atoms with Gasteiger partial charge in [-0.25, -0.2) is 0 Å². The van der Waals surface area contributed by atoms with Gasteiger partial charge < -0.3 is 18.5 Å². The van der Waals surface area contributed by atoms with Crippen molar-refractivity contribution >= 4 is 16.6 Å². The molecule has 0 aromatic rings. The van der Waals surface area contributed by atoms with E-state index >= 15 is 0 Å². The Morgan fingerprint density at radius 1 is 1.11 bits per heavy atom. The van der Waals surface area contributed by atoms with Crippen molar-refractivity contribution in [3.05, 3.63) is 12.7 Å². The molecule has 0 aromatic heterocycles. The summed E-state index contributed by atoms with van der Waals surface area (Å²) in [6, 6.07) is 0. The Balaban J connectivity index is 0. The zero-order chi connectivity index (χ0) is 15.4. The van der Waals surface area contributed by atoms with E-state index in [4.69, 9.17) is 18.5 Å². The van der Waals surface area contributed by atoms with Gasteiger partial charge in [0.15, 0.2) is 8.03 Å². The summed E-state index contributed by atoms with van der Waals surface area (Å²) < 4.78 is 25.6. The summed E-state index contributed by atoms with van der Waals surface area (Å²) in [5, 5.41) is 0. The quantitative estimate of drug-likeness (QED) is 0.539. The van der Waals surface area contributed by atoms with Crippen LogP contribution < -0.4 is 0 Å². The fourth-order valence-corrected chi connectivity index (χ4v) is 2.44. The van der Waals surface area contributed by atoms with Crippen molar-refractivity contribution in [1.82, 2.24) is 0 Å². The van der Waals surface area contributed by atoms with Crippen LogP contribution in [0, 0.1) is 0 Å². The lowest BCUT2D eigenvalue weighted by Crippen LogP contribution is -2.03. The minimum atomic E-state index is -1.81. The highest BCUT2D eigenvalue weighted by molar-refractivity contribution is 7.40. The summed E-state index contributed by atoms with van der Waals surface area (Å²) in [5.74, 6) is 0. The van der Waals surface area contributed by atoms with Gasteiger partial charge in [0, 0.05) is 6.16 Å². The maximum absolute atomic E-state index is 10.7. The molecule has 0 aliphatic carbocycles. The van der Waals surface area contributed by atoms with E-state index in [2.05, 4.69) is 6.58 Å². The van der Waals surface area contributed by atoms with Gasteiger partial charge in [0.25, 0.3) is 0 Å². The van der Waals surface area contributed by atoms with Gasteiger partial charge >= 0.3 is 8.60 Å². The fourth-order valence-electron chi connectivity index (χ4n) is 0.814.